The number of carbonyl (C=O) groups excluding carboxylic acids is 2. The summed E-state index contributed by atoms with van der Waals surface area (Å²) in [7, 11) is 0. The van der Waals surface area contributed by atoms with Crippen molar-refractivity contribution in [2.24, 2.45) is 0 Å². The van der Waals surface area contributed by atoms with Crippen molar-refractivity contribution in [1.82, 2.24) is 0 Å². The SMILES string of the molecule is O=C(C[n+]1ccccc1NC(=O)c1ccccc1)c1ccccc1.[Br-]. The van der Waals surface area contributed by atoms with E-state index < -0.39 is 0 Å². The van der Waals surface area contributed by atoms with Gasteiger partial charge in [-0.25, -0.2) is 14.7 Å². The van der Waals surface area contributed by atoms with Crippen molar-refractivity contribution in [2.75, 3.05) is 5.32 Å². The molecule has 0 unspecified atom stereocenters. The van der Waals surface area contributed by atoms with Gasteiger partial charge >= 0.3 is 5.91 Å². The first-order chi connectivity index (χ1) is 11.7. The summed E-state index contributed by atoms with van der Waals surface area (Å²) in [6, 6.07) is 23.5. The Labute approximate surface area is 156 Å². The molecule has 2 aromatic carbocycles. The molecule has 0 atom stereocenters. The molecule has 0 fully saturated rings. The van der Waals surface area contributed by atoms with E-state index in [0.29, 0.717) is 16.9 Å². The third-order valence-electron chi connectivity index (χ3n) is 3.63. The van der Waals surface area contributed by atoms with Gasteiger partial charge in [-0.2, -0.15) is 0 Å². The molecule has 0 radical (unpaired) electrons. The van der Waals surface area contributed by atoms with Gasteiger partial charge in [0.2, 0.25) is 5.78 Å². The van der Waals surface area contributed by atoms with Crippen LogP contribution >= 0.6 is 0 Å². The molecule has 0 bridgehead atoms. The lowest BCUT2D eigenvalue weighted by atomic mass is 10.1. The van der Waals surface area contributed by atoms with Gasteiger partial charge < -0.3 is 17.0 Å². The number of ketones is 1. The first-order valence-electron chi connectivity index (χ1n) is 7.67. The van der Waals surface area contributed by atoms with Gasteiger partial charge in [0, 0.05) is 11.6 Å². The summed E-state index contributed by atoms with van der Waals surface area (Å²) >= 11 is 0. The van der Waals surface area contributed by atoms with Crippen LogP contribution in [0.5, 0.6) is 0 Å². The lowest BCUT2D eigenvalue weighted by Gasteiger charge is -2.06. The van der Waals surface area contributed by atoms with Gasteiger partial charge in [0.05, 0.1) is 11.8 Å². The lowest BCUT2D eigenvalue weighted by Crippen LogP contribution is -3.00. The van der Waals surface area contributed by atoms with Gasteiger partial charge in [-0.1, -0.05) is 54.6 Å². The minimum absolute atomic E-state index is 0. The van der Waals surface area contributed by atoms with Gasteiger partial charge in [-0.05, 0) is 18.2 Å². The van der Waals surface area contributed by atoms with E-state index in [-0.39, 0.29) is 35.2 Å². The van der Waals surface area contributed by atoms with E-state index in [1.807, 2.05) is 48.5 Å². The van der Waals surface area contributed by atoms with E-state index in [2.05, 4.69) is 5.32 Å². The number of carbonyl (C=O) groups is 2. The molecular weight excluding hydrogens is 380 g/mol. The second-order valence-electron chi connectivity index (χ2n) is 5.32. The van der Waals surface area contributed by atoms with Crippen LogP contribution in [0.2, 0.25) is 0 Å². The van der Waals surface area contributed by atoms with Crippen molar-refractivity contribution < 1.29 is 31.1 Å². The van der Waals surface area contributed by atoms with Crippen LogP contribution in [0.15, 0.2) is 85.1 Å². The Bertz CT molecular complexity index is 779. The summed E-state index contributed by atoms with van der Waals surface area (Å²) in [4.78, 5) is 24.7. The predicted octanol–water partition coefficient (Wildman–Crippen LogP) is 0.113. The molecule has 0 aliphatic carbocycles. The van der Waals surface area contributed by atoms with E-state index in [4.69, 9.17) is 0 Å². The zero-order valence-electron chi connectivity index (χ0n) is 13.4. The van der Waals surface area contributed by atoms with Crippen LogP contribution < -0.4 is 26.9 Å². The molecule has 25 heavy (non-hydrogen) atoms. The van der Waals surface area contributed by atoms with Crippen molar-refractivity contribution >= 4 is 17.5 Å². The quantitative estimate of drug-likeness (QED) is 0.491. The number of halogens is 1. The van der Waals surface area contributed by atoms with Gasteiger partial charge in [0.15, 0.2) is 6.54 Å². The minimum Gasteiger partial charge on any atom is -1.00 e. The average molecular weight is 397 g/mol. The van der Waals surface area contributed by atoms with Crippen LogP contribution in [0.4, 0.5) is 5.82 Å². The fourth-order valence-electron chi connectivity index (χ4n) is 2.38. The zero-order valence-corrected chi connectivity index (χ0v) is 15.0. The van der Waals surface area contributed by atoms with Crippen LogP contribution in [0.25, 0.3) is 0 Å². The van der Waals surface area contributed by atoms with Crippen molar-refractivity contribution in [3.8, 4) is 0 Å². The molecule has 0 saturated carbocycles. The first kappa shape index (κ1) is 18.5. The maximum Gasteiger partial charge on any atom is 0.339 e. The van der Waals surface area contributed by atoms with Crippen molar-refractivity contribution in [3.63, 3.8) is 0 Å². The Morgan fingerprint density at radius 3 is 1.96 bits per heavy atom. The number of amides is 1. The number of nitrogens with zero attached hydrogens (tertiary/aromatic N) is 1. The number of benzene rings is 2. The van der Waals surface area contributed by atoms with Crippen LogP contribution in [0.1, 0.15) is 20.7 Å². The van der Waals surface area contributed by atoms with E-state index in [0.717, 1.165) is 0 Å². The Kier molecular flexibility index (Phi) is 6.60. The first-order valence-corrected chi connectivity index (χ1v) is 7.67. The largest absolute Gasteiger partial charge is 1.00 e. The van der Waals surface area contributed by atoms with E-state index in [1.54, 1.807) is 41.1 Å². The molecule has 1 amide bonds. The fraction of sp³-hybridized carbons (Fsp3) is 0.0500. The minimum atomic E-state index is -0.206. The molecule has 5 heteroatoms. The number of anilines is 1. The van der Waals surface area contributed by atoms with E-state index in [9.17, 15) is 9.59 Å². The Hall–Kier alpha value is -2.79. The van der Waals surface area contributed by atoms with Crippen LogP contribution in [0.3, 0.4) is 0 Å². The van der Waals surface area contributed by atoms with Gasteiger partial charge in [0.25, 0.3) is 5.82 Å². The summed E-state index contributed by atoms with van der Waals surface area (Å²) in [5.41, 5.74) is 1.22. The van der Waals surface area contributed by atoms with Crippen LogP contribution in [-0.2, 0) is 6.54 Å². The maximum atomic E-state index is 12.4. The molecule has 4 nitrogen and oxygen atoms in total. The zero-order chi connectivity index (χ0) is 16.8. The van der Waals surface area contributed by atoms with Gasteiger partial charge in [-0.15, -0.1) is 0 Å². The molecule has 0 aliphatic rings. The number of nitrogens with one attached hydrogen (secondary N) is 1. The normalized spacial score (nSPS) is 9.76. The summed E-state index contributed by atoms with van der Waals surface area (Å²) in [6.07, 6.45) is 1.78. The van der Waals surface area contributed by atoms with Crippen molar-refractivity contribution in [2.45, 2.75) is 6.54 Å². The number of rotatable bonds is 5. The number of Topliss-reactive ketones (excluding diaryl/α,β-unsaturated/α-hetero) is 1. The average Bonchev–Trinajstić information content (AvgIpc) is 2.64. The Balaban J connectivity index is 0.00000225. The van der Waals surface area contributed by atoms with Gasteiger partial charge in [-0.3, -0.25) is 4.79 Å². The number of aromatic nitrogens is 1. The Morgan fingerprint density at radius 2 is 1.32 bits per heavy atom. The topological polar surface area (TPSA) is 50.0 Å². The highest BCUT2D eigenvalue weighted by molar-refractivity contribution is 6.03. The molecule has 0 saturated heterocycles. The van der Waals surface area contributed by atoms with Crippen LogP contribution in [0, 0.1) is 0 Å². The number of hydrogen-bond donors (Lipinski definition) is 1. The molecule has 0 spiro atoms. The number of hydrogen-bond acceptors (Lipinski definition) is 2. The highest BCUT2D eigenvalue weighted by Gasteiger charge is 2.17. The molecule has 0 aliphatic heterocycles. The summed E-state index contributed by atoms with van der Waals surface area (Å²) in [6.45, 7) is 0.162. The van der Waals surface area contributed by atoms with Crippen molar-refractivity contribution in [1.29, 1.82) is 0 Å². The summed E-state index contributed by atoms with van der Waals surface area (Å²) < 4.78 is 1.73. The second-order valence-corrected chi connectivity index (χ2v) is 5.32. The lowest BCUT2D eigenvalue weighted by molar-refractivity contribution is -0.668. The highest BCUT2D eigenvalue weighted by Crippen LogP contribution is 2.06. The predicted molar refractivity (Wildman–Crippen MR) is 91.8 cm³/mol. The maximum absolute atomic E-state index is 12.4. The van der Waals surface area contributed by atoms with E-state index in [1.165, 1.54) is 0 Å². The Morgan fingerprint density at radius 1 is 0.760 bits per heavy atom. The molecule has 3 rings (SSSR count). The molecule has 1 heterocycles. The van der Waals surface area contributed by atoms with Crippen molar-refractivity contribution in [3.05, 3.63) is 96.2 Å². The molecule has 1 N–H and O–H groups in total. The third-order valence-corrected chi connectivity index (χ3v) is 3.63. The standard InChI is InChI=1S/C20H16N2O2.BrH/c23-18(16-9-3-1-4-10-16)15-22-14-8-7-13-19(22)21-20(24)17-11-5-2-6-12-17;/h1-14H,15H2;1H. The number of pyridine rings is 1. The monoisotopic (exact) mass is 396 g/mol. The smallest absolute Gasteiger partial charge is 0.339 e. The van der Waals surface area contributed by atoms with Gasteiger partial charge in [0.1, 0.15) is 0 Å². The fourth-order valence-corrected chi connectivity index (χ4v) is 2.38. The van der Waals surface area contributed by atoms with E-state index >= 15 is 0 Å². The summed E-state index contributed by atoms with van der Waals surface area (Å²) in [5, 5.41) is 2.86. The highest BCUT2D eigenvalue weighted by atomic mass is 79.9. The summed E-state index contributed by atoms with van der Waals surface area (Å²) in [5.74, 6) is 0.361. The molecule has 1 aromatic heterocycles. The molecular formula is C20H17BrN2O2. The molecule has 126 valence electrons. The van der Waals surface area contributed by atoms with Crippen LogP contribution in [-0.4, -0.2) is 11.7 Å². The molecule has 3 aromatic rings. The second kappa shape index (κ2) is 8.89. The third kappa shape index (κ3) is 4.84.